The number of hydrogen-bond acceptors (Lipinski definition) is 3. The van der Waals surface area contributed by atoms with Crippen LogP contribution in [0.15, 0.2) is 66.7 Å². The molecule has 26 heavy (non-hydrogen) atoms. The molecule has 3 rings (SSSR count). The van der Waals surface area contributed by atoms with Crippen LogP contribution in [-0.2, 0) is 13.2 Å². The van der Waals surface area contributed by atoms with Crippen LogP contribution < -0.4 is 14.8 Å². The summed E-state index contributed by atoms with van der Waals surface area (Å²) in [6, 6.07) is 19.6. The summed E-state index contributed by atoms with van der Waals surface area (Å²) >= 11 is 6.31. The van der Waals surface area contributed by atoms with Gasteiger partial charge in [0.05, 0.1) is 12.1 Å². The van der Waals surface area contributed by atoms with Crippen molar-refractivity contribution in [2.75, 3.05) is 12.4 Å². The molecule has 0 heterocycles. The number of benzene rings is 3. The second-order valence-corrected chi connectivity index (χ2v) is 6.17. The zero-order valence-electron chi connectivity index (χ0n) is 14.3. The topological polar surface area (TPSA) is 30.5 Å². The Kier molecular flexibility index (Phi) is 5.97. The molecule has 134 valence electrons. The van der Waals surface area contributed by atoms with E-state index < -0.39 is 0 Å². The number of nitrogens with one attached hydrogen (secondary N) is 1. The van der Waals surface area contributed by atoms with E-state index >= 15 is 0 Å². The molecule has 0 radical (unpaired) electrons. The molecule has 3 aromatic carbocycles. The fourth-order valence-corrected chi connectivity index (χ4v) is 2.68. The van der Waals surface area contributed by atoms with Crippen molar-refractivity contribution in [2.45, 2.75) is 13.2 Å². The molecule has 5 heteroatoms. The molecule has 3 nitrogen and oxygen atoms in total. The largest absolute Gasteiger partial charge is 0.497 e. The molecule has 0 aromatic heterocycles. The lowest BCUT2D eigenvalue weighted by Crippen LogP contribution is -2.00. The smallest absolute Gasteiger partial charge is 0.138 e. The summed E-state index contributed by atoms with van der Waals surface area (Å²) < 4.78 is 23.8. The summed E-state index contributed by atoms with van der Waals surface area (Å²) in [5, 5.41) is 3.87. The van der Waals surface area contributed by atoms with Crippen molar-refractivity contribution < 1.29 is 13.9 Å². The maximum absolute atomic E-state index is 12.9. The molecule has 0 unspecified atom stereocenters. The van der Waals surface area contributed by atoms with Gasteiger partial charge in [0.2, 0.25) is 0 Å². The minimum Gasteiger partial charge on any atom is -0.497 e. The van der Waals surface area contributed by atoms with Gasteiger partial charge in [0.1, 0.15) is 23.9 Å². The molecule has 0 bridgehead atoms. The molecular formula is C21H19ClFNO2. The lowest BCUT2D eigenvalue weighted by molar-refractivity contribution is 0.306. The maximum Gasteiger partial charge on any atom is 0.138 e. The predicted molar refractivity (Wildman–Crippen MR) is 103 cm³/mol. The van der Waals surface area contributed by atoms with Crippen molar-refractivity contribution in [2.24, 2.45) is 0 Å². The van der Waals surface area contributed by atoms with Gasteiger partial charge in [-0.25, -0.2) is 4.39 Å². The Morgan fingerprint density at radius 1 is 0.923 bits per heavy atom. The zero-order chi connectivity index (χ0) is 18.4. The van der Waals surface area contributed by atoms with E-state index in [-0.39, 0.29) is 5.82 Å². The molecule has 0 aliphatic rings. The van der Waals surface area contributed by atoms with Crippen molar-refractivity contribution >= 4 is 17.3 Å². The molecule has 0 amide bonds. The van der Waals surface area contributed by atoms with Crippen molar-refractivity contribution in [1.29, 1.82) is 0 Å². The number of methoxy groups -OCH3 is 1. The second-order valence-electron chi connectivity index (χ2n) is 5.76. The monoisotopic (exact) mass is 371 g/mol. The highest BCUT2D eigenvalue weighted by molar-refractivity contribution is 6.32. The van der Waals surface area contributed by atoms with Crippen LogP contribution in [0.25, 0.3) is 0 Å². The van der Waals surface area contributed by atoms with Crippen LogP contribution >= 0.6 is 11.6 Å². The molecule has 0 fully saturated rings. The van der Waals surface area contributed by atoms with Gasteiger partial charge in [0, 0.05) is 12.2 Å². The van der Waals surface area contributed by atoms with Crippen LogP contribution in [0, 0.1) is 5.82 Å². The van der Waals surface area contributed by atoms with E-state index in [1.54, 1.807) is 19.2 Å². The molecule has 0 atom stereocenters. The van der Waals surface area contributed by atoms with Crippen molar-refractivity contribution in [1.82, 2.24) is 0 Å². The number of halogens is 2. The quantitative estimate of drug-likeness (QED) is 0.579. The van der Waals surface area contributed by atoms with E-state index in [2.05, 4.69) is 5.32 Å². The molecule has 0 saturated heterocycles. The van der Waals surface area contributed by atoms with Crippen molar-refractivity contribution in [3.8, 4) is 11.5 Å². The zero-order valence-corrected chi connectivity index (χ0v) is 15.1. The highest BCUT2D eigenvalue weighted by Gasteiger charge is 2.05. The standard InChI is InChI=1S/C21H19ClFNO2/c1-25-19-9-7-18(8-10-19)24-13-16-4-11-21(20(22)12-16)26-14-15-2-5-17(23)6-3-15/h2-12,24H,13-14H2,1H3. The van der Waals surface area contributed by atoms with Crippen LogP contribution in [0.3, 0.4) is 0 Å². The van der Waals surface area contributed by atoms with Gasteiger partial charge in [-0.15, -0.1) is 0 Å². The van der Waals surface area contributed by atoms with Gasteiger partial charge in [-0.1, -0.05) is 29.8 Å². The Balaban J connectivity index is 1.57. The van der Waals surface area contributed by atoms with E-state index in [0.29, 0.717) is 23.9 Å². The fraction of sp³-hybridized carbons (Fsp3) is 0.143. The van der Waals surface area contributed by atoms with Crippen LogP contribution in [-0.4, -0.2) is 7.11 Å². The molecule has 0 aliphatic heterocycles. The van der Waals surface area contributed by atoms with E-state index in [1.165, 1.54) is 12.1 Å². The van der Waals surface area contributed by atoms with Gasteiger partial charge in [0.15, 0.2) is 0 Å². The normalized spacial score (nSPS) is 10.4. The van der Waals surface area contributed by atoms with Gasteiger partial charge in [-0.3, -0.25) is 0 Å². The second kappa shape index (κ2) is 8.59. The first-order valence-corrected chi connectivity index (χ1v) is 8.55. The van der Waals surface area contributed by atoms with Crippen molar-refractivity contribution in [3.63, 3.8) is 0 Å². The summed E-state index contributed by atoms with van der Waals surface area (Å²) in [7, 11) is 1.64. The fourth-order valence-electron chi connectivity index (χ4n) is 2.43. The number of hydrogen-bond donors (Lipinski definition) is 1. The molecule has 1 N–H and O–H groups in total. The molecule has 3 aromatic rings. The number of ether oxygens (including phenoxy) is 2. The highest BCUT2D eigenvalue weighted by Crippen LogP contribution is 2.27. The van der Waals surface area contributed by atoms with Gasteiger partial charge >= 0.3 is 0 Å². The van der Waals surface area contributed by atoms with E-state index in [0.717, 1.165) is 22.6 Å². The maximum atomic E-state index is 12.9. The third kappa shape index (κ3) is 4.90. The summed E-state index contributed by atoms with van der Waals surface area (Å²) in [4.78, 5) is 0. The Hall–Kier alpha value is -2.72. The first-order chi connectivity index (χ1) is 12.6. The lowest BCUT2D eigenvalue weighted by atomic mass is 10.2. The van der Waals surface area contributed by atoms with Crippen LogP contribution in [0.4, 0.5) is 10.1 Å². The Labute approximate surface area is 157 Å². The van der Waals surface area contributed by atoms with Crippen LogP contribution in [0.2, 0.25) is 5.02 Å². The predicted octanol–water partition coefficient (Wildman–Crippen LogP) is 5.68. The first-order valence-electron chi connectivity index (χ1n) is 8.17. The molecule has 0 saturated carbocycles. The summed E-state index contributed by atoms with van der Waals surface area (Å²) in [5.41, 5.74) is 2.92. The van der Waals surface area contributed by atoms with Gasteiger partial charge in [-0.05, 0) is 59.7 Å². The number of rotatable bonds is 7. The number of anilines is 1. The Bertz CT molecular complexity index is 851. The van der Waals surface area contributed by atoms with Crippen molar-refractivity contribution in [3.05, 3.63) is 88.7 Å². The average Bonchev–Trinajstić information content (AvgIpc) is 2.67. The lowest BCUT2D eigenvalue weighted by Gasteiger charge is -2.11. The van der Waals surface area contributed by atoms with Gasteiger partial charge < -0.3 is 14.8 Å². The summed E-state index contributed by atoms with van der Waals surface area (Å²) in [6.07, 6.45) is 0. The van der Waals surface area contributed by atoms with Crippen LogP contribution in [0.1, 0.15) is 11.1 Å². The first kappa shape index (κ1) is 18.1. The van der Waals surface area contributed by atoms with Gasteiger partial charge in [-0.2, -0.15) is 0 Å². The Morgan fingerprint density at radius 3 is 2.27 bits per heavy atom. The van der Waals surface area contributed by atoms with E-state index in [9.17, 15) is 4.39 Å². The molecule has 0 spiro atoms. The summed E-state index contributed by atoms with van der Waals surface area (Å²) in [6.45, 7) is 0.980. The third-order valence-corrected chi connectivity index (χ3v) is 4.19. The minimum atomic E-state index is -0.263. The van der Waals surface area contributed by atoms with Gasteiger partial charge in [0.25, 0.3) is 0 Å². The molecular weight excluding hydrogens is 353 g/mol. The Morgan fingerprint density at radius 2 is 1.62 bits per heavy atom. The highest BCUT2D eigenvalue weighted by atomic mass is 35.5. The SMILES string of the molecule is COc1ccc(NCc2ccc(OCc3ccc(F)cc3)c(Cl)c2)cc1. The summed E-state index contributed by atoms with van der Waals surface area (Å²) in [5.74, 6) is 1.16. The van der Waals surface area contributed by atoms with E-state index in [4.69, 9.17) is 21.1 Å². The average molecular weight is 372 g/mol. The van der Waals surface area contributed by atoms with E-state index in [1.807, 2.05) is 42.5 Å². The van der Waals surface area contributed by atoms with Crippen LogP contribution in [0.5, 0.6) is 11.5 Å². The third-order valence-electron chi connectivity index (χ3n) is 3.89. The minimum absolute atomic E-state index is 0.263. The molecule has 0 aliphatic carbocycles.